The Balaban J connectivity index is 1.82. The molecule has 2 N–H and O–H groups in total. The van der Waals surface area contributed by atoms with Crippen molar-refractivity contribution in [3.63, 3.8) is 0 Å². The maximum absolute atomic E-state index is 12.2. The van der Waals surface area contributed by atoms with Crippen LogP contribution in [0, 0.1) is 5.92 Å². The van der Waals surface area contributed by atoms with Gasteiger partial charge < -0.3 is 15.4 Å². The third-order valence-corrected chi connectivity index (χ3v) is 4.40. The summed E-state index contributed by atoms with van der Waals surface area (Å²) in [6.07, 6.45) is 9.76. The zero-order valence-electron chi connectivity index (χ0n) is 12.2. The normalized spacial score (nSPS) is 25.6. The Bertz CT molecular complexity index is 338. The molecule has 1 saturated carbocycles. The fourth-order valence-electron chi connectivity index (χ4n) is 3.17. The molecular weight excluding hydrogens is 256 g/mol. The molecule has 2 aliphatic rings. The number of urea groups is 1. The van der Waals surface area contributed by atoms with E-state index in [0.29, 0.717) is 13.1 Å². The molecule has 0 bridgehead atoms. The van der Waals surface area contributed by atoms with Gasteiger partial charge in [0.05, 0.1) is 5.92 Å². The van der Waals surface area contributed by atoms with Gasteiger partial charge in [0.2, 0.25) is 0 Å². The van der Waals surface area contributed by atoms with Crippen molar-refractivity contribution < 1.29 is 14.3 Å². The fraction of sp³-hybridized carbons (Fsp3) is 0.867. The first-order valence-electron chi connectivity index (χ1n) is 7.91. The first-order chi connectivity index (χ1) is 9.66. The van der Waals surface area contributed by atoms with E-state index in [-0.39, 0.29) is 18.0 Å². The molecule has 1 unspecified atom stereocenters. The lowest BCUT2D eigenvalue weighted by Gasteiger charge is -2.31. The van der Waals surface area contributed by atoms with Crippen LogP contribution in [-0.2, 0) is 9.53 Å². The molecule has 1 heterocycles. The summed E-state index contributed by atoms with van der Waals surface area (Å²) in [5.41, 5.74) is 5.29. The Morgan fingerprint density at radius 1 is 0.950 bits per heavy atom. The molecule has 5 heteroatoms. The van der Waals surface area contributed by atoms with E-state index in [0.717, 1.165) is 38.5 Å². The van der Waals surface area contributed by atoms with E-state index in [2.05, 4.69) is 0 Å². The third-order valence-electron chi connectivity index (χ3n) is 4.40. The summed E-state index contributed by atoms with van der Waals surface area (Å²) >= 11 is 0. The van der Waals surface area contributed by atoms with Gasteiger partial charge >= 0.3 is 12.0 Å². The number of rotatable bonds is 2. The quantitative estimate of drug-likeness (QED) is 0.791. The lowest BCUT2D eigenvalue weighted by atomic mass is 9.96. The molecule has 1 aliphatic heterocycles. The first kappa shape index (κ1) is 15.1. The number of amides is 2. The molecule has 20 heavy (non-hydrogen) atoms. The van der Waals surface area contributed by atoms with E-state index < -0.39 is 6.03 Å². The highest BCUT2D eigenvalue weighted by atomic mass is 16.5. The Morgan fingerprint density at radius 2 is 1.60 bits per heavy atom. The van der Waals surface area contributed by atoms with Crippen LogP contribution in [0.1, 0.15) is 57.8 Å². The van der Waals surface area contributed by atoms with Crippen molar-refractivity contribution >= 4 is 12.0 Å². The minimum Gasteiger partial charge on any atom is -0.462 e. The van der Waals surface area contributed by atoms with Crippen molar-refractivity contribution in [3.8, 4) is 0 Å². The monoisotopic (exact) mass is 282 g/mol. The van der Waals surface area contributed by atoms with Crippen molar-refractivity contribution in [3.05, 3.63) is 0 Å². The SMILES string of the molecule is NC(=O)N1CCCC(C(=O)OC2CCCCCCC2)C1. The number of likely N-dealkylation sites (tertiary alicyclic amines) is 1. The molecule has 1 atom stereocenters. The summed E-state index contributed by atoms with van der Waals surface area (Å²) < 4.78 is 5.68. The van der Waals surface area contributed by atoms with Gasteiger partial charge in [-0.05, 0) is 38.5 Å². The van der Waals surface area contributed by atoms with Crippen LogP contribution in [0.5, 0.6) is 0 Å². The number of ether oxygens (including phenoxy) is 1. The second kappa shape index (κ2) is 7.50. The molecule has 2 amide bonds. The van der Waals surface area contributed by atoms with Crippen LogP contribution in [-0.4, -0.2) is 36.1 Å². The summed E-state index contributed by atoms with van der Waals surface area (Å²) in [5.74, 6) is -0.330. The second-order valence-electron chi connectivity index (χ2n) is 6.03. The highest BCUT2D eigenvalue weighted by molar-refractivity contribution is 5.76. The zero-order valence-corrected chi connectivity index (χ0v) is 12.2. The molecule has 1 saturated heterocycles. The van der Waals surface area contributed by atoms with Gasteiger partial charge in [-0.15, -0.1) is 0 Å². The summed E-state index contributed by atoms with van der Waals surface area (Å²) in [6, 6.07) is -0.437. The summed E-state index contributed by atoms with van der Waals surface area (Å²) in [6.45, 7) is 1.07. The van der Waals surface area contributed by atoms with Crippen LogP contribution in [0.3, 0.4) is 0 Å². The predicted octanol–water partition coefficient (Wildman–Crippen LogP) is 2.43. The van der Waals surface area contributed by atoms with Gasteiger partial charge in [0.15, 0.2) is 0 Å². The highest BCUT2D eigenvalue weighted by Gasteiger charge is 2.30. The molecule has 0 aromatic heterocycles. The number of esters is 1. The van der Waals surface area contributed by atoms with Crippen LogP contribution in [0.4, 0.5) is 4.79 Å². The van der Waals surface area contributed by atoms with Gasteiger partial charge in [-0.3, -0.25) is 4.79 Å². The van der Waals surface area contributed by atoms with Gasteiger partial charge in [-0.2, -0.15) is 0 Å². The maximum atomic E-state index is 12.2. The molecule has 0 aromatic carbocycles. The van der Waals surface area contributed by atoms with Crippen LogP contribution in [0.25, 0.3) is 0 Å². The second-order valence-corrected chi connectivity index (χ2v) is 6.03. The van der Waals surface area contributed by atoms with Crippen LogP contribution < -0.4 is 5.73 Å². The van der Waals surface area contributed by atoms with Crippen LogP contribution in [0.15, 0.2) is 0 Å². The minimum atomic E-state index is -0.437. The third kappa shape index (κ3) is 4.39. The topological polar surface area (TPSA) is 72.6 Å². The van der Waals surface area contributed by atoms with Crippen LogP contribution in [0.2, 0.25) is 0 Å². The molecule has 1 aliphatic carbocycles. The average molecular weight is 282 g/mol. The molecule has 2 fully saturated rings. The Hall–Kier alpha value is -1.26. The molecular formula is C15H26N2O3. The van der Waals surface area contributed by atoms with E-state index in [9.17, 15) is 9.59 Å². The molecule has 5 nitrogen and oxygen atoms in total. The van der Waals surface area contributed by atoms with E-state index in [1.165, 1.54) is 19.3 Å². The number of carbonyl (C=O) groups excluding carboxylic acids is 2. The van der Waals surface area contributed by atoms with Crippen molar-refractivity contribution in [2.45, 2.75) is 63.9 Å². The zero-order chi connectivity index (χ0) is 14.4. The smallest absolute Gasteiger partial charge is 0.314 e. The molecule has 0 aromatic rings. The first-order valence-corrected chi connectivity index (χ1v) is 7.91. The molecule has 0 radical (unpaired) electrons. The van der Waals surface area contributed by atoms with Gasteiger partial charge in [0.25, 0.3) is 0 Å². The van der Waals surface area contributed by atoms with Gasteiger partial charge in [0, 0.05) is 13.1 Å². The number of carbonyl (C=O) groups is 2. The van der Waals surface area contributed by atoms with Crippen molar-refractivity contribution in [1.82, 2.24) is 4.90 Å². The van der Waals surface area contributed by atoms with Crippen molar-refractivity contribution in [2.75, 3.05) is 13.1 Å². The lowest BCUT2D eigenvalue weighted by molar-refractivity contribution is -0.156. The lowest BCUT2D eigenvalue weighted by Crippen LogP contribution is -2.45. The van der Waals surface area contributed by atoms with E-state index in [1.807, 2.05) is 0 Å². The number of piperidine rings is 1. The van der Waals surface area contributed by atoms with E-state index in [1.54, 1.807) is 4.90 Å². The molecule has 0 spiro atoms. The number of hydrogen-bond donors (Lipinski definition) is 1. The van der Waals surface area contributed by atoms with Crippen LogP contribution >= 0.6 is 0 Å². The van der Waals surface area contributed by atoms with Gasteiger partial charge in [-0.1, -0.05) is 19.3 Å². The van der Waals surface area contributed by atoms with Gasteiger partial charge in [-0.25, -0.2) is 4.79 Å². The number of primary amides is 1. The maximum Gasteiger partial charge on any atom is 0.314 e. The molecule has 2 rings (SSSR count). The molecule has 114 valence electrons. The fourth-order valence-corrected chi connectivity index (χ4v) is 3.17. The standard InChI is InChI=1S/C15H26N2O3/c16-15(19)17-10-6-7-12(11-17)14(18)20-13-8-4-2-1-3-5-9-13/h12-13H,1-11H2,(H2,16,19). The summed E-state index contributed by atoms with van der Waals surface area (Å²) in [4.78, 5) is 25.0. The number of nitrogens with zero attached hydrogens (tertiary/aromatic N) is 1. The number of nitrogens with two attached hydrogens (primary N) is 1. The predicted molar refractivity (Wildman–Crippen MR) is 76.1 cm³/mol. The van der Waals surface area contributed by atoms with Crippen molar-refractivity contribution in [2.24, 2.45) is 11.7 Å². The van der Waals surface area contributed by atoms with Gasteiger partial charge in [0.1, 0.15) is 6.10 Å². The minimum absolute atomic E-state index is 0.0757. The summed E-state index contributed by atoms with van der Waals surface area (Å²) in [5, 5.41) is 0. The van der Waals surface area contributed by atoms with E-state index in [4.69, 9.17) is 10.5 Å². The Kier molecular flexibility index (Phi) is 5.68. The van der Waals surface area contributed by atoms with E-state index >= 15 is 0 Å². The number of hydrogen-bond acceptors (Lipinski definition) is 3. The largest absolute Gasteiger partial charge is 0.462 e. The highest BCUT2D eigenvalue weighted by Crippen LogP contribution is 2.23. The Morgan fingerprint density at radius 3 is 2.25 bits per heavy atom. The van der Waals surface area contributed by atoms with Crippen molar-refractivity contribution in [1.29, 1.82) is 0 Å². The average Bonchev–Trinajstić information content (AvgIpc) is 2.41. The summed E-state index contributed by atoms with van der Waals surface area (Å²) in [7, 11) is 0. The Labute approximate surface area is 120 Å².